The molecule has 1 amide bonds. The SMILES string of the molecule is CCC(C)CC(C)NC(=O)Cc1cccc(C(=O)O)c1. The Hall–Kier alpha value is -1.84. The molecule has 2 unspecified atom stereocenters. The molecular weight excluding hydrogens is 254 g/mol. The Labute approximate surface area is 120 Å². The van der Waals surface area contributed by atoms with Crippen LogP contribution < -0.4 is 5.32 Å². The first-order valence-corrected chi connectivity index (χ1v) is 7.04. The molecule has 20 heavy (non-hydrogen) atoms. The first-order chi connectivity index (χ1) is 9.42. The number of benzene rings is 1. The highest BCUT2D eigenvalue weighted by Crippen LogP contribution is 2.10. The summed E-state index contributed by atoms with van der Waals surface area (Å²) in [6.45, 7) is 6.30. The summed E-state index contributed by atoms with van der Waals surface area (Å²) in [6, 6.07) is 6.64. The Morgan fingerprint density at radius 3 is 2.60 bits per heavy atom. The normalized spacial score (nSPS) is 13.6. The van der Waals surface area contributed by atoms with Crippen LogP contribution in [0.2, 0.25) is 0 Å². The standard InChI is InChI=1S/C16H23NO3/c1-4-11(2)8-12(3)17-15(18)10-13-6-5-7-14(9-13)16(19)20/h5-7,9,11-12H,4,8,10H2,1-3H3,(H,17,18)(H,19,20). The quantitative estimate of drug-likeness (QED) is 0.805. The van der Waals surface area contributed by atoms with Crippen molar-refractivity contribution in [2.75, 3.05) is 0 Å². The average molecular weight is 277 g/mol. The molecule has 0 saturated carbocycles. The van der Waals surface area contributed by atoms with E-state index in [2.05, 4.69) is 19.2 Å². The molecule has 0 fully saturated rings. The number of nitrogens with one attached hydrogen (secondary N) is 1. The monoisotopic (exact) mass is 277 g/mol. The first kappa shape index (κ1) is 16.2. The van der Waals surface area contributed by atoms with Gasteiger partial charge in [0, 0.05) is 6.04 Å². The topological polar surface area (TPSA) is 66.4 Å². The molecule has 0 heterocycles. The van der Waals surface area contributed by atoms with Gasteiger partial charge in [0.25, 0.3) is 0 Å². The van der Waals surface area contributed by atoms with Crippen molar-refractivity contribution in [2.45, 2.75) is 46.1 Å². The smallest absolute Gasteiger partial charge is 0.335 e. The van der Waals surface area contributed by atoms with Gasteiger partial charge in [0.2, 0.25) is 5.91 Å². The second-order valence-corrected chi connectivity index (χ2v) is 5.40. The van der Waals surface area contributed by atoms with Crippen LogP contribution in [-0.2, 0) is 11.2 Å². The minimum absolute atomic E-state index is 0.0664. The molecular formula is C16H23NO3. The number of amides is 1. The molecule has 0 aliphatic heterocycles. The number of hydrogen-bond acceptors (Lipinski definition) is 2. The molecule has 0 bridgehead atoms. The van der Waals surface area contributed by atoms with Crippen LogP contribution >= 0.6 is 0 Å². The summed E-state index contributed by atoms with van der Waals surface area (Å²) in [7, 11) is 0. The summed E-state index contributed by atoms with van der Waals surface area (Å²) >= 11 is 0. The van der Waals surface area contributed by atoms with Crippen LogP contribution in [0.1, 0.15) is 49.5 Å². The molecule has 1 aromatic rings. The van der Waals surface area contributed by atoms with E-state index in [1.807, 2.05) is 6.92 Å². The first-order valence-electron chi connectivity index (χ1n) is 7.04. The van der Waals surface area contributed by atoms with Crippen LogP contribution in [0.25, 0.3) is 0 Å². The highest BCUT2D eigenvalue weighted by molar-refractivity contribution is 5.88. The lowest BCUT2D eigenvalue weighted by Crippen LogP contribution is -2.34. The predicted octanol–water partition coefficient (Wildman–Crippen LogP) is 2.87. The van der Waals surface area contributed by atoms with Crippen LogP contribution in [0, 0.1) is 5.92 Å². The number of carboxylic acids is 1. The van der Waals surface area contributed by atoms with E-state index in [9.17, 15) is 9.59 Å². The lowest BCUT2D eigenvalue weighted by Gasteiger charge is -2.17. The minimum Gasteiger partial charge on any atom is -0.478 e. The highest BCUT2D eigenvalue weighted by atomic mass is 16.4. The van der Waals surface area contributed by atoms with Crippen molar-refractivity contribution in [3.05, 3.63) is 35.4 Å². The fourth-order valence-corrected chi connectivity index (χ4v) is 2.15. The zero-order valence-corrected chi connectivity index (χ0v) is 12.3. The molecule has 2 N–H and O–H groups in total. The Balaban J connectivity index is 2.54. The summed E-state index contributed by atoms with van der Waals surface area (Å²) < 4.78 is 0. The van der Waals surface area contributed by atoms with E-state index < -0.39 is 5.97 Å². The Kier molecular flexibility index (Phi) is 6.22. The summed E-state index contributed by atoms with van der Waals surface area (Å²) in [5.74, 6) is -0.457. The molecule has 110 valence electrons. The van der Waals surface area contributed by atoms with E-state index in [-0.39, 0.29) is 23.9 Å². The van der Waals surface area contributed by atoms with E-state index in [0.717, 1.165) is 18.4 Å². The predicted molar refractivity (Wildman–Crippen MR) is 78.8 cm³/mol. The average Bonchev–Trinajstić information content (AvgIpc) is 2.38. The summed E-state index contributed by atoms with van der Waals surface area (Å²) in [4.78, 5) is 22.8. The van der Waals surface area contributed by atoms with Crippen molar-refractivity contribution >= 4 is 11.9 Å². The maximum Gasteiger partial charge on any atom is 0.335 e. The van der Waals surface area contributed by atoms with Gasteiger partial charge in [-0.25, -0.2) is 4.79 Å². The molecule has 4 heteroatoms. The molecule has 0 spiro atoms. The van der Waals surface area contributed by atoms with Crippen LogP contribution in [0.5, 0.6) is 0 Å². The van der Waals surface area contributed by atoms with Gasteiger partial charge in [-0.05, 0) is 37.0 Å². The maximum absolute atomic E-state index is 11.9. The fourth-order valence-electron chi connectivity index (χ4n) is 2.15. The van der Waals surface area contributed by atoms with Gasteiger partial charge in [0.15, 0.2) is 0 Å². The van der Waals surface area contributed by atoms with Crippen LogP contribution in [-0.4, -0.2) is 23.0 Å². The summed E-state index contributed by atoms with van der Waals surface area (Å²) in [5, 5.41) is 11.9. The molecule has 0 radical (unpaired) electrons. The number of aromatic carboxylic acids is 1. The third kappa shape index (κ3) is 5.43. The molecule has 1 aromatic carbocycles. The molecule has 2 atom stereocenters. The number of hydrogen-bond donors (Lipinski definition) is 2. The van der Waals surface area contributed by atoms with Gasteiger partial charge in [-0.1, -0.05) is 32.4 Å². The molecule has 0 saturated heterocycles. The van der Waals surface area contributed by atoms with Gasteiger partial charge >= 0.3 is 5.97 Å². The lowest BCUT2D eigenvalue weighted by molar-refractivity contribution is -0.121. The molecule has 0 aromatic heterocycles. The third-order valence-electron chi connectivity index (χ3n) is 3.40. The molecule has 0 aliphatic carbocycles. The largest absolute Gasteiger partial charge is 0.478 e. The van der Waals surface area contributed by atoms with E-state index in [1.165, 1.54) is 6.07 Å². The Bertz CT molecular complexity index is 471. The third-order valence-corrected chi connectivity index (χ3v) is 3.40. The fraction of sp³-hybridized carbons (Fsp3) is 0.500. The van der Waals surface area contributed by atoms with Crippen molar-refractivity contribution in [3.8, 4) is 0 Å². The van der Waals surface area contributed by atoms with Crippen molar-refractivity contribution in [1.29, 1.82) is 0 Å². The molecule has 1 rings (SSSR count). The van der Waals surface area contributed by atoms with Crippen molar-refractivity contribution in [2.24, 2.45) is 5.92 Å². The van der Waals surface area contributed by atoms with Crippen LogP contribution in [0.3, 0.4) is 0 Å². The Morgan fingerprint density at radius 2 is 2.00 bits per heavy atom. The van der Waals surface area contributed by atoms with E-state index in [4.69, 9.17) is 5.11 Å². The lowest BCUT2D eigenvalue weighted by atomic mass is 10.00. The number of carbonyl (C=O) groups is 2. The van der Waals surface area contributed by atoms with E-state index in [1.54, 1.807) is 18.2 Å². The second kappa shape index (κ2) is 7.68. The molecule has 0 aliphatic rings. The van der Waals surface area contributed by atoms with Gasteiger partial charge in [-0.2, -0.15) is 0 Å². The van der Waals surface area contributed by atoms with E-state index in [0.29, 0.717) is 5.92 Å². The van der Waals surface area contributed by atoms with Gasteiger partial charge < -0.3 is 10.4 Å². The van der Waals surface area contributed by atoms with Crippen LogP contribution in [0.15, 0.2) is 24.3 Å². The van der Waals surface area contributed by atoms with Gasteiger partial charge in [-0.15, -0.1) is 0 Å². The molecule has 4 nitrogen and oxygen atoms in total. The summed E-state index contributed by atoms with van der Waals surface area (Å²) in [6.07, 6.45) is 2.27. The van der Waals surface area contributed by atoms with Gasteiger partial charge in [-0.3, -0.25) is 4.79 Å². The van der Waals surface area contributed by atoms with Crippen LogP contribution in [0.4, 0.5) is 0 Å². The van der Waals surface area contributed by atoms with Gasteiger partial charge in [0.1, 0.15) is 0 Å². The number of carboxylic acid groups (broad SMARTS) is 1. The number of carbonyl (C=O) groups excluding carboxylic acids is 1. The van der Waals surface area contributed by atoms with Crippen molar-refractivity contribution in [3.63, 3.8) is 0 Å². The summed E-state index contributed by atoms with van der Waals surface area (Å²) in [5.41, 5.74) is 0.932. The maximum atomic E-state index is 11.9. The minimum atomic E-state index is -0.975. The van der Waals surface area contributed by atoms with Crippen molar-refractivity contribution < 1.29 is 14.7 Å². The van der Waals surface area contributed by atoms with E-state index >= 15 is 0 Å². The zero-order valence-electron chi connectivity index (χ0n) is 12.3. The van der Waals surface area contributed by atoms with Gasteiger partial charge in [0.05, 0.1) is 12.0 Å². The Morgan fingerprint density at radius 1 is 1.30 bits per heavy atom. The number of rotatable bonds is 7. The van der Waals surface area contributed by atoms with Crippen molar-refractivity contribution in [1.82, 2.24) is 5.32 Å². The highest BCUT2D eigenvalue weighted by Gasteiger charge is 2.12. The second-order valence-electron chi connectivity index (χ2n) is 5.40. The zero-order chi connectivity index (χ0) is 15.1.